The fourth-order valence-corrected chi connectivity index (χ4v) is 6.21. The van der Waals surface area contributed by atoms with Crippen LogP contribution >= 0.6 is 0 Å². The second-order valence-corrected chi connectivity index (χ2v) is 10.4. The van der Waals surface area contributed by atoms with Gasteiger partial charge in [0.2, 0.25) is 0 Å². The summed E-state index contributed by atoms with van der Waals surface area (Å²) in [6, 6.07) is 0. The summed E-state index contributed by atoms with van der Waals surface area (Å²) in [5.41, 5.74) is -0.249. The minimum Gasteiger partial charge on any atom is -0.402 e. The third kappa shape index (κ3) is 3.26. The monoisotopic (exact) mass is 370 g/mol. The molecule has 5 nitrogen and oxygen atoms in total. The van der Waals surface area contributed by atoms with Gasteiger partial charge in [-0.05, 0) is 73.0 Å². The van der Waals surface area contributed by atoms with Gasteiger partial charge in [-0.3, -0.25) is 0 Å². The third-order valence-electron chi connectivity index (χ3n) is 8.91. The minimum atomic E-state index is -2.17. The van der Waals surface area contributed by atoms with Crippen molar-refractivity contribution in [1.82, 2.24) is 0 Å². The van der Waals surface area contributed by atoms with Crippen LogP contribution in [0, 0.1) is 34.5 Å². The first-order valence-corrected chi connectivity index (χ1v) is 10.2. The number of rotatable bonds is 0. The smallest absolute Gasteiger partial charge is 0.402 e. The van der Waals surface area contributed by atoms with Crippen molar-refractivity contribution in [2.45, 2.75) is 91.3 Å². The van der Waals surface area contributed by atoms with E-state index in [0.717, 1.165) is 24.7 Å². The molecular weight excluding hydrogens is 331 g/mol. The highest BCUT2D eigenvalue weighted by Crippen LogP contribution is 2.64. The van der Waals surface area contributed by atoms with Crippen LogP contribution in [0.1, 0.15) is 80.1 Å². The summed E-state index contributed by atoms with van der Waals surface area (Å²) in [7, 11) is -2.17. The Morgan fingerprint density at radius 2 is 0.923 bits per heavy atom. The number of fused-ring (bicyclic) bond motifs is 4. The first-order chi connectivity index (χ1) is 11.7. The lowest BCUT2D eigenvalue weighted by Crippen LogP contribution is -2.66. The fraction of sp³-hybridized carbons (Fsp3) is 1.00. The molecule has 0 radical (unpaired) electrons. The molecule has 0 amide bonds. The molecule has 0 aromatic heterocycles. The highest BCUT2D eigenvalue weighted by Gasteiger charge is 2.64. The van der Waals surface area contributed by atoms with Gasteiger partial charge < -0.3 is 25.3 Å². The standard InChI is InChI=1S/2C10H18O.BH3O3/c2*1-7-4-5-8-6-10(7,11)9(8,2)3;2-1(3)4/h2*7-8,11H,4-6H2,1-3H3;2-4H. The topological polar surface area (TPSA) is 101 Å². The van der Waals surface area contributed by atoms with Crippen LogP contribution in [0.25, 0.3) is 0 Å². The van der Waals surface area contributed by atoms with Crippen molar-refractivity contribution in [3.05, 3.63) is 0 Å². The molecule has 0 aromatic rings. The largest absolute Gasteiger partial charge is 0.631 e. The van der Waals surface area contributed by atoms with Gasteiger partial charge in [0.15, 0.2) is 0 Å². The third-order valence-corrected chi connectivity index (χ3v) is 8.91. The Balaban J connectivity index is 0.000000156. The van der Waals surface area contributed by atoms with Crippen LogP contribution in [-0.4, -0.2) is 43.8 Å². The maximum Gasteiger partial charge on any atom is 0.631 e. The molecule has 152 valence electrons. The Kier molecular flexibility index (Phi) is 6.00. The average molecular weight is 370 g/mol. The number of hydrogen-bond donors (Lipinski definition) is 5. The summed E-state index contributed by atoms with van der Waals surface area (Å²) in [5, 5.41) is 42.0. The summed E-state index contributed by atoms with van der Waals surface area (Å²) < 4.78 is 0. The van der Waals surface area contributed by atoms with Crippen LogP contribution < -0.4 is 0 Å². The molecule has 6 atom stereocenters. The first-order valence-electron chi connectivity index (χ1n) is 10.2. The lowest BCUT2D eigenvalue weighted by Gasteiger charge is -2.65. The first kappa shape index (κ1) is 22.2. The lowest BCUT2D eigenvalue weighted by atomic mass is 9.43. The molecule has 0 aliphatic heterocycles. The molecule has 6 unspecified atom stereocenters. The van der Waals surface area contributed by atoms with Gasteiger partial charge in [-0.25, -0.2) is 0 Å². The molecule has 0 heterocycles. The average Bonchev–Trinajstić information content (AvgIpc) is 2.52. The Labute approximate surface area is 159 Å². The van der Waals surface area contributed by atoms with Gasteiger partial charge in [-0.15, -0.1) is 0 Å². The minimum absolute atomic E-state index is 0.199. The van der Waals surface area contributed by atoms with E-state index in [2.05, 4.69) is 41.5 Å². The Morgan fingerprint density at radius 1 is 0.654 bits per heavy atom. The van der Waals surface area contributed by atoms with Gasteiger partial charge in [0.25, 0.3) is 0 Å². The summed E-state index contributed by atoms with van der Waals surface area (Å²) >= 11 is 0. The van der Waals surface area contributed by atoms with Crippen molar-refractivity contribution in [2.24, 2.45) is 34.5 Å². The van der Waals surface area contributed by atoms with Crippen molar-refractivity contribution in [1.29, 1.82) is 0 Å². The Bertz CT molecular complexity index is 464. The summed E-state index contributed by atoms with van der Waals surface area (Å²) in [6.45, 7) is 13.3. The maximum absolute atomic E-state index is 10.2. The van der Waals surface area contributed by atoms with Crippen molar-refractivity contribution >= 4 is 7.32 Å². The highest BCUT2D eigenvalue weighted by molar-refractivity contribution is 6.30. The zero-order chi connectivity index (χ0) is 20.1. The second kappa shape index (κ2) is 7.04. The van der Waals surface area contributed by atoms with E-state index in [1.54, 1.807) is 0 Å². The Hall–Kier alpha value is -0.135. The molecule has 6 aliphatic rings. The Morgan fingerprint density at radius 3 is 1.08 bits per heavy atom. The van der Waals surface area contributed by atoms with Crippen LogP contribution in [0.2, 0.25) is 0 Å². The molecule has 6 rings (SSSR count). The van der Waals surface area contributed by atoms with Gasteiger partial charge >= 0.3 is 7.32 Å². The zero-order valence-electron chi connectivity index (χ0n) is 17.4. The molecule has 26 heavy (non-hydrogen) atoms. The molecule has 0 aromatic carbocycles. The van der Waals surface area contributed by atoms with Gasteiger partial charge in [-0.2, -0.15) is 0 Å². The maximum atomic E-state index is 10.2. The molecule has 0 spiro atoms. The molecule has 0 saturated heterocycles. The van der Waals surface area contributed by atoms with Gasteiger partial charge in [-0.1, -0.05) is 41.5 Å². The van der Waals surface area contributed by atoms with Crippen molar-refractivity contribution in [3.63, 3.8) is 0 Å². The number of aliphatic hydroxyl groups is 2. The molecular formula is C20H39BO5. The zero-order valence-corrected chi connectivity index (χ0v) is 17.4. The van der Waals surface area contributed by atoms with Crippen LogP contribution in [-0.2, 0) is 0 Å². The van der Waals surface area contributed by atoms with E-state index in [9.17, 15) is 10.2 Å². The molecule has 6 aliphatic carbocycles. The van der Waals surface area contributed by atoms with E-state index in [-0.39, 0.29) is 22.0 Å². The van der Waals surface area contributed by atoms with E-state index in [1.807, 2.05) is 0 Å². The summed E-state index contributed by atoms with van der Waals surface area (Å²) in [6.07, 6.45) is 7.23. The molecule has 6 heteroatoms. The highest BCUT2D eigenvalue weighted by atomic mass is 16.5. The van der Waals surface area contributed by atoms with Gasteiger partial charge in [0.1, 0.15) is 0 Å². The second-order valence-electron chi connectivity index (χ2n) is 10.4. The van der Waals surface area contributed by atoms with E-state index in [1.165, 1.54) is 25.7 Å². The molecule has 6 fully saturated rings. The summed E-state index contributed by atoms with van der Waals surface area (Å²) in [4.78, 5) is 0. The van der Waals surface area contributed by atoms with Crippen LogP contribution in [0.5, 0.6) is 0 Å². The van der Waals surface area contributed by atoms with Crippen molar-refractivity contribution in [3.8, 4) is 0 Å². The van der Waals surface area contributed by atoms with Crippen molar-refractivity contribution < 1.29 is 25.3 Å². The van der Waals surface area contributed by atoms with E-state index < -0.39 is 7.32 Å². The summed E-state index contributed by atoms with van der Waals surface area (Å²) in [5.74, 6) is 2.62. The van der Waals surface area contributed by atoms with Gasteiger partial charge in [0.05, 0.1) is 11.2 Å². The van der Waals surface area contributed by atoms with E-state index >= 15 is 0 Å². The quantitative estimate of drug-likeness (QED) is 0.422. The number of hydrogen-bond acceptors (Lipinski definition) is 5. The van der Waals surface area contributed by atoms with Gasteiger partial charge in [0, 0.05) is 0 Å². The van der Waals surface area contributed by atoms with Crippen LogP contribution in [0.15, 0.2) is 0 Å². The van der Waals surface area contributed by atoms with E-state index in [4.69, 9.17) is 15.1 Å². The normalized spacial score (nSPS) is 46.3. The van der Waals surface area contributed by atoms with Crippen LogP contribution in [0.3, 0.4) is 0 Å². The lowest BCUT2D eigenvalue weighted by molar-refractivity contribution is -0.251. The predicted molar refractivity (Wildman–Crippen MR) is 103 cm³/mol. The molecule has 6 saturated carbocycles. The SMILES string of the molecule is CC1CCC2CC1(O)C2(C)C.CC1CCC2CC1(O)C2(C)C.OB(O)O. The fourth-order valence-electron chi connectivity index (χ4n) is 6.21. The molecule has 4 bridgehead atoms. The van der Waals surface area contributed by atoms with Crippen molar-refractivity contribution in [2.75, 3.05) is 0 Å². The molecule has 5 N–H and O–H groups in total. The van der Waals surface area contributed by atoms with Crippen LogP contribution in [0.4, 0.5) is 0 Å². The van der Waals surface area contributed by atoms with E-state index in [0.29, 0.717) is 11.8 Å². The predicted octanol–water partition coefficient (Wildman–Crippen LogP) is 2.34.